The lowest BCUT2D eigenvalue weighted by Gasteiger charge is -2.05. The fourth-order valence-electron chi connectivity index (χ4n) is 2.11. The molecule has 1 heterocycles. The highest BCUT2D eigenvalue weighted by Crippen LogP contribution is 2.33. The highest BCUT2D eigenvalue weighted by atomic mass is 35.5. The molecule has 2 rings (SSSR count). The molecule has 0 radical (unpaired) electrons. The van der Waals surface area contributed by atoms with Crippen LogP contribution in [0.2, 0.25) is 5.02 Å². The minimum Gasteiger partial charge on any atom is -0.465 e. The van der Waals surface area contributed by atoms with Crippen molar-refractivity contribution in [3.05, 3.63) is 56.4 Å². The number of benzene rings is 1. The number of rotatable bonds is 4. The van der Waals surface area contributed by atoms with Crippen LogP contribution in [-0.4, -0.2) is 19.0 Å². The molecule has 128 valence electrons. The van der Waals surface area contributed by atoms with Crippen LogP contribution in [0.15, 0.2) is 29.8 Å². The molecule has 0 aliphatic heterocycles. The molecule has 1 N–H and O–H groups in total. The lowest BCUT2D eigenvalue weighted by molar-refractivity contribution is -0.112. The van der Waals surface area contributed by atoms with Crippen LogP contribution in [0.25, 0.3) is 6.08 Å². The number of anilines is 1. The number of hydrogen-bond acceptors (Lipinski definition) is 5. The van der Waals surface area contributed by atoms with Gasteiger partial charge in [-0.15, -0.1) is 11.3 Å². The first-order valence-electron chi connectivity index (χ1n) is 7.24. The summed E-state index contributed by atoms with van der Waals surface area (Å²) in [6.45, 7) is 3.62. The molecule has 1 aromatic heterocycles. The SMILES string of the molecule is COC(=O)c1c(NC(=O)/C(C#N)=C/c2ccc(Cl)cc2)sc(C)c1C. The summed E-state index contributed by atoms with van der Waals surface area (Å²) in [5.74, 6) is -1.12. The first kappa shape index (κ1) is 18.7. The van der Waals surface area contributed by atoms with Crippen molar-refractivity contribution in [2.75, 3.05) is 12.4 Å². The summed E-state index contributed by atoms with van der Waals surface area (Å²) in [5.41, 5.74) is 1.64. The smallest absolute Gasteiger partial charge is 0.341 e. The zero-order valence-corrected chi connectivity index (χ0v) is 15.4. The average molecular weight is 375 g/mol. The van der Waals surface area contributed by atoms with Crippen molar-refractivity contribution >= 4 is 45.9 Å². The van der Waals surface area contributed by atoms with Gasteiger partial charge in [-0.05, 0) is 43.2 Å². The van der Waals surface area contributed by atoms with E-state index in [0.29, 0.717) is 21.2 Å². The van der Waals surface area contributed by atoms with Crippen LogP contribution >= 0.6 is 22.9 Å². The summed E-state index contributed by atoms with van der Waals surface area (Å²) in [7, 11) is 1.28. The Morgan fingerprint density at radius 3 is 2.48 bits per heavy atom. The van der Waals surface area contributed by atoms with E-state index in [0.717, 1.165) is 10.4 Å². The van der Waals surface area contributed by atoms with E-state index in [-0.39, 0.29) is 5.57 Å². The van der Waals surface area contributed by atoms with Gasteiger partial charge >= 0.3 is 5.97 Å². The van der Waals surface area contributed by atoms with Crippen LogP contribution in [-0.2, 0) is 9.53 Å². The molecule has 0 unspecified atom stereocenters. The van der Waals surface area contributed by atoms with Crippen molar-refractivity contribution in [3.8, 4) is 6.07 Å². The predicted octanol–water partition coefficient (Wildman–Crippen LogP) is 4.35. The van der Waals surface area contributed by atoms with E-state index in [1.165, 1.54) is 24.5 Å². The molecular formula is C18H15ClN2O3S. The predicted molar refractivity (Wildman–Crippen MR) is 98.8 cm³/mol. The Labute approximate surface area is 154 Å². The van der Waals surface area contributed by atoms with Crippen LogP contribution in [0, 0.1) is 25.2 Å². The Morgan fingerprint density at radius 2 is 1.92 bits per heavy atom. The maximum atomic E-state index is 12.4. The number of esters is 1. The van der Waals surface area contributed by atoms with Crippen molar-refractivity contribution in [3.63, 3.8) is 0 Å². The Kier molecular flexibility index (Phi) is 5.97. The molecule has 1 amide bonds. The average Bonchev–Trinajstić information content (AvgIpc) is 2.87. The van der Waals surface area contributed by atoms with Gasteiger partial charge in [0.05, 0.1) is 12.7 Å². The minimum absolute atomic E-state index is 0.0816. The topological polar surface area (TPSA) is 79.2 Å². The molecule has 25 heavy (non-hydrogen) atoms. The van der Waals surface area contributed by atoms with Gasteiger partial charge < -0.3 is 10.1 Å². The number of carbonyl (C=O) groups is 2. The number of nitrogens with zero attached hydrogens (tertiary/aromatic N) is 1. The van der Waals surface area contributed by atoms with Gasteiger partial charge in [-0.2, -0.15) is 5.26 Å². The summed E-state index contributed by atoms with van der Waals surface area (Å²) >= 11 is 7.08. The molecule has 0 saturated carbocycles. The van der Waals surface area contributed by atoms with Gasteiger partial charge in [0.15, 0.2) is 0 Å². The molecule has 1 aromatic carbocycles. The molecule has 2 aromatic rings. The standard InChI is InChI=1S/C18H15ClN2O3S/c1-10-11(2)25-17(15(10)18(23)24-3)21-16(22)13(9-20)8-12-4-6-14(19)7-5-12/h4-8H,1-3H3,(H,21,22)/b13-8+. The third kappa shape index (κ3) is 4.27. The Balaban J connectivity index is 2.32. The van der Waals surface area contributed by atoms with E-state index in [4.69, 9.17) is 16.3 Å². The summed E-state index contributed by atoms with van der Waals surface area (Å²) in [6, 6.07) is 8.61. The van der Waals surface area contributed by atoms with E-state index in [1.807, 2.05) is 13.0 Å². The third-order valence-corrected chi connectivity index (χ3v) is 4.92. The Bertz CT molecular complexity index is 892. The van der Waals surface area contributed by atoms with Crippen LogP contribution in [0.5, 0.6) is 0 Å². The lowest BCUT2D eigenvalue weighted by atomic mass is 10.1. The van der Waals surface area contributed by atoms with Crippen LogP contribution < -0.4 is 5.32 Å². The summed E-state index contributed by atoms with van der Waals surface area (Å²) < 4.78 is 4.77. The fourth-order valence-corrected chi connectivity index (χ4v) is 3.28. The van der Waals surface area contributed by atoms with Gasteiger partial charge in [-0.1, -0.05) is 23.7 Å². The monoisotopic (exact) mass is 374 g/mol. The summed E-state index contributed by atoms with van der Waals surface area (Å²) in [6.07, 6.45) is 1.46. The molecule has 0 fully saturated rings. The number of aryl methyl sites for hydroxylation is 1. The quantitative estimate of drug-likeness (QED) is 0.490. The van der Waals surface area contributed by atoms with Gasteiger partial charge in [0.25, 0.3) is 5.91 Å². The van der Waals surface area contributed by atoms with Gasteiger partial charge in [0, 0.05) is 9.90 Å². The number of carbonyl (C=O) groups excluding carboxylic acids is 2. The second-order valence-electron chi connectivity index (χ2n) is 5.15. The maximum Gasteiger partial charge on any atom is 0.341 e. The molecule has 0 aliphatic carbocycles. The molecule has 0 saturated heterocycles. The number of hydrogen-bond donors (Lipinski definition) is 1. The molecular weight excluding hydrogens is 360 g/mol. The van der Waals surface area contributed by atoms with E-state index >= 15 is 0 Å². The van der Waals surface area contributed by atoms with Gasteiger partial charge in [-0.25, -0.2) is 4.79 Å². The Morgan fingerprint density at radius 1 is 1.28 bits per heavy atom. The van der Waals surface area contributed by atoms with Crippen molar-refractivity contribution in [1.82, 2.24) is 0 Å². The molecule has 7 heteroatoms. The van der Waals surface area contributed by atoms with Crippen molar-refractivity contribution < 1.29 is 14.3 Å². The van der Waals surface area contributed by atoms with Crippen molar-refractivity contribution in [1.29, 1.82) is 5.26 Å². The van der Waals surface area contributed by atoms with Gasteiger partial charge in [0.1, 0.15) is 16.6 Å². The molecule has 0 atom stereocenters. The number of nitriles is 1. The first-order valence-corrected chi connectivity index (χ1v) is 8.43. The fraction of sp³-hybridized carbons (Fsp3) is 0.167. The van der Waals surface area contributed by atoms with Gasteiger partial charge in [-0.3, -0.25) is 4.79 Å². The minimum atomic E-state index is -0.594. The van der Waals surface area contributed by atoms with E-state index < -0.39 is 11.9 Å². The molecule has 0 aliphatic rings. The zero-order chi connectivity index (χ0) is 18.6. The first-order chi connectivity index (χ1) is 11.9. The number of amides is 1. The summed E-state index contributed by atoms with van der Waals surface area (Å²) in [5, 5.41) is 12.8. The number of thiophene rings is 1. The highest BCUT2D eigenvalue weighted by molar-refractivity contribution is 7.16. The van der Waals surface area contributed by atoms with Crippen LogP contribution in [0.1, 0.15) is 26.4 Å². The number of methoxy groups -OCH3 is 1. The maximum absolute atomic E-state index is 12.4. The third-order valence-electron chi connectivity index (χ3n) is 3.55. The normalized spacial score (nSPS) is 10.9. The molecule has 0 bridgehead atoms. The number of nitrogens with one attached hydrogen (secondary N) is 1. The molecule has 5 nitrogen and oxygen atoms in total. The highest BCUT2D eigenvalue weighted by Gasteiger charge is 2.22. The molecule has 0 spiro atoms. The van der Waals surface area contributed by atoms with Crippen LogP contribution in [0.3, 0.4) is 0 Å². The van der Waals surface area contributed by atoms with E-state index in [9.17, 15) is 14.9 Å². The second kappa shape index (κ2) is 7.97. The number of halogens is 1. The zero-order valence-electron chi connectivity index (χ0n) is 13.8. The van der Waals surface area contributed by atoms with E-state index in [2.05, 4.69) is 5.32 Å². The largest absolute Gasteiger partial charge is 0.465 e. The van der Waals surface area contributed by atoms with Gasteiger partial charge in [0.2, 0.25) is 0 Å². The number of ether oxygens (including phenoxy) is 1. The van der Waals surface area contributed by atoms with Crippen molar-refractivity contribution in [2.24, 2.45) is 0 Å². The van der Waals surface area contributed by atoms with Crippen molar-refractivity contribution in [2.45, 2.75) is 13.8 Å². The Hall–Kier alpha value is -2.62. The van der Waals surface area contributed by atoms with E-state index in [1.54, 1.807) is 31.2 Å². The van der Waals surface area contributed by atoms with Crippen LogP contribution in [0.4, 0.5) is 5.00 Å². The summed E-state index contributed by atoms with van der Waals surface area (Å²) in [4.78, 5) is 25.3. The lowest BCUT2D eigenvalue weighted by Crippen LogP contribution is -2.15. The second-order valence-corrected chi connectivity index (χ2v) is 6.82.